The van der Waals surface area contributed by atoms with E-state index in [1.54, 1.807) is 0 Å². The first-order valence-electron chi connectivity index (χ1n) is 11.6. The van der Waals surface area contributed by atoms with Crippen molar-refractivity contribution in [3.05, 3.63) is 58.5 Å². The largest absolute Gasteiger partial charge is 0.356 e. The average Bonchev–Trinajstić information content (AvgIpc) is 3.13. The van der Waals surface area contributed by atoms with Crippen molar-refractivity contribution in [2.45, 2.75) is 44.8 Å². The van der Waals surface area contributed by atoms with Crippen LogP contribution in [0.25, 0.3) is 5.69 Å². The molecule has 0 amide bonds. The summed E-state index contributed by atoms with van der Waals surface area (Å²) < 4.78 is 25.9. The number of aromatic nitrogens is 5. The van der Waals surface area contributed by atoms with Gasteiger partial charge >= 0.3 is 0 Å². The Morgan fingerprint density at radius 3 is 2.59 bits per heavy atom. The molecule has 3 aliphatic rings. The highest BCUT2D eigenvalue weighted by Gasteiger charge is 2.40. The molecule has 0 atom stereocenters. The van der Waals surface area contributed by atoms with Crippen molar-refractivity contribution >= 4 is 27.3 Å². The van der Waals surface area contributed by atoms with E-state index in [0.717, 1.165) is 60.5 Å². The van der Waals surface area contributed by atoms with Crippen molar-refractivity contribution in [2.24, 2.45) is 0 Å². The van der Waals surface area contributed by atoms with Crippen molar-refractivity contribution in [3.8, 4) is 5.69 Å². The highest BCUT2D eigenvalue weighted by atomic mass is 35.5. The zero-order chi connectivity index (χ0) is 23.4. The molecule has 2 aromatic heterocycles. The molecule has 11 heteroatoms. The molecule has 0 aliphatic carbocycles. The summed E-state index contributed by atoms with van der Waals surface area (Å²) in [5.74, 6) is 4.25. The number of nitrogens with zero attached hydrogens (tertiary/aromatic N) is 7. The van der Waals surface area contributed by atoms with E-state index in [-0.39, 0.29) is 23.5 Å². The monoisotopic (exact) mass is 499 g/mol. The fraction of sp³-hybridized carbons (Fsp3) is 0.478. The van der Waals surface area contributed by atoms with Crippen LogP contribution in [0.3, 0.4) is 0 Å². The number of benzene rings is 1. The molecule has 3 aliphatic heterocycles. The SMILES string of the molecule is Cc1nccc(N2CCC(c3nnc4n3-c3ccc(Cl)cc3CN(C3CS(=O)(=O)C3)C4)CC2)n1. The number of piperidine rings is 1. The van der Waals surface area contributed by atoms with Gasteiger partial charge in [-0.2, -0.15) is 0 Å². The molecular formula is C23H26ClN7O2S. The van der Waals surface area contributed by atoms with Gasteiger partial charge in [-0.1, -0.05) is 11.6 Å². The van der Waals surface area contributed by atoms with Gasteiger partial charge in [-0.25, -0.2) is 18.4 Å². The number of hydrogen-bond donors (Lipinski definition) is 0. The van der Waals surface area contributed by atoms with Gasteiger partial charge in [0.2, 0.25) is 0 Å². The van der Waals surface area contributed by atoms with E-state index >= 15 is 0 Å². The number of aryl methyl sites for hydroxylation is 1. The summed E-state index contributed by atoms with van der Waals surface area (Å²) in [5, 5.41) is 9.91. The molecule has 0 spiro atoms. The van der Waals surface area contributed by atoms with Crippen LogP contribution in [0.2, 0.25) is 5.02 Å². The first kappa shape index (κ1) is 21.9. The summed E-state index contributed by atoms with van der Waals surface area (Å²) >= 11 is 6.35. The lowest BCUT2D eigenvalue weighted by atomic mass is 9.95. The average molecular weight is 500 g/mol. The first-order valence-corrected chi connectivity index (χ1v) is 13.8. The third-order valence-corrected chi connectivity index (χ3v) is 9.13. The highest BCUT2D eigenvalue weighted by molar-refractivity contribution is 7.92. The Bertz CT molecular complexity index is 1340. The maximum atomic E-state index is 11.8. The molecule has 0 radical (unpaired) electrons. The number of hydrogen-bond acceptors (Lipinski definition) is 8. The lowest BCUT2D eigenvalue weighted by molar-refractivity contribution is 0.193. The number of halogens is 1. The van der Waals surface area contributed by atoms with E-state index in [9.17, 15) is 8.42 Å². The second kappa shape index (κ2) is 8.28. The van der Waals surface area contributed by atoms with Crippen LogP contribution in [-0.2, 0) is 22.9 Å². The molecule has 6 rings (SSSR count). The molecule has 34 heavy (non-hydrogen) atoms. The molecular weight excluding hydrogens is 474 g/mol. The summed E-state index contributed by atoms with van der Waals surface area (Å²) in [4.78, 5) is 13.3. The maximum Gasteiger partial charge on any atom is 0.153 e. The van der Waals surface area contributed by atoms with Crippen LogP contribution in [-0.4, -0.2) is 68.7 Å². The van der Waals surface area contributed by atoms with Crippen molar-refractivity contribution in [1.82, 2.24) is 29.6 Å². The summed E-state index contributed by atoms with van der Waals surface area (Å²) in [6.45, 7) is 4.91. The number of sulfone groups is 1. The minimum atomic E-state index is -2.92. The lowest BCUT2D eigenvalue weighted by Gasteiger charge is -2.35. The van der Waals surface area contributed by atoms with E-state index in [0.29, 0.717) is 18.1 Å². The molecule has 178 valence electrons. The Morgan fingerprint density at radius 2 is 1.85 bits per heavy atom. The second-order valence-corrected chi connectivity index (χ2v) is 12.0. The van der Waals surface area contributed by atoms with Gasteiger partial charge in [0.25, 0.3) is 0 Å². The standard InChI is InChI=1S/C23H26ClN7O2S/c1-15-25-7-4-21(26-15)29-8-5-16(6-9-29)23-28-27-22-12-30(19-13-34(32,33)14-19)11-17-10-18(24)2-3-20(17)31(22)23/h2-4,7,10,16,19H,5-6,8-9,11-14H2,1H3. The van der Waals surface area contributed by atoms with Gasteiger partial charge in [0.1, 0.15) is 17.5 Å². The van der Waals surface area contributed by atoms with Gasteiger partial charge in [-0.15, -0.1) is 10.2 Å². The molecule has 0 bridgehead atoms. The van der Waals surface area contributed by atoms with E-state index in [4.69, 9.17) is 11.6 Å². The first-order chi connectivity index (χ1) is 16.4. The van der Waals surface area contributed by atoms with Crippen LogP contribution in [0.1, 0.15) is 41.8 Å². The molecule has 0 N–H and O–H groups in total. The van der Waals surface area contributed by atoms with Crippen LogP contribution in [0.4, 0.5) is 5.82 Å². The van der Waals surface area contributed by atoms with Crippen LogP contribution in [0, 0.1) is 6.92 Å². The van der Waals surface area contributed by atoms with Gasteiger partial charge in [0.15, 0.2) is 15.7 Å². The van der Waals surface area contributed by atoms with Crippen LogP contribution >= 0.6 is 11.6 Å². The Morgan fingerprint density at radius 1 is 1.06 bits per heavy atom. The van der Waals surface area contributed by atoms with Crippen LogP contribution in [0.5, 0.6) is 0 Å². The minimum absolute atomic E-state index is 0.00286. The molecule has 0 unspecified atom stereocenters. The van der Waals surface area contributed by atoms with Gasteiger partial charge in [0, 0.05) is 42.8 Å². The number of anilines is 1. The van der Waals surface area contributed by atoms with Crippen molar-refractivity contribution in [2.75, 3.05) is 29.5 Å². The summed E-state index contributed by atoms with van der Waals surface area (Å²) in [6, 6.07) is 7.88. The molecule has 3 aromatic rings. The van der Waals surface area contributed by atoms with Gasteiger partial charge < -0.3 is 4.90 Å². The molecule has 1 aromatic carbocycles. The zero-order valence-electron chi connectivity index (χ0n) is 18.9. The Balaban J connectivity index is 1.30. The van der Waals surface area contributed by atoms with Crippen molar-refractivity contribution in [3.63, 3.8) is 0 Å². The lowest BCUT2D eigenvalue weighted by Crippen LogP contribution is -2.52. The van der Waals surface area contributed by atoms with E-state index in [1.807, 2.05) is 37.4 Å². The Kier molecular flexibility index (Phi) is 5.34. The number of rotatable bonds is 3. The third-order valence-electron chi connectivity index (χ3n) is 7.11. The summed E-state index contributed by atoms with van der Waals surface area (Å²) in [6.07, 6.45) is 3.71. The summed E-state index contributed by atoms with van der Waals surface area (Å²) in [7, 11) is -2.92. The van der Waals surface area contributed by atoms with Crippen LogP contribution in [0.15, 0.2) is 30.5 Å². The van der Waals surface area contributed by atoms with Crippen molar-refractivity contribution in [1.29, 1.82) is 0 Å². The minimum Gasteiger partial charge on any atom is -0.356 e. The van der Waals surface area contributed by atoms with E-state index in [1.165, 1.54) is 0 Å². The molecule has 9 nitrogen and oxygen atoms in total. The smallest absolute Gasteiger partial charge is 0.153 e. The topological polar surface area (TPSA) is 97.1 Å². The van der Waals surface area contributed by atoms with Gasteiger partial charge in [0.05, 0.1) is 23.7 Å². The molecule has 2 saturated heterocycles. The van der Waals surface area contributed by atoms with E-state index in [2.05, 4.69) is 34.5 Å². The fourth-order valence-electron chi connectivity index (χ4n) is 5.31. The molecule has 0 saturated carbocycles. The predicted molar refractivity (Wildman–Crippen MR) is 129 cm³/mol. The number of fused-ring (bicyclic) bond motifs is 3. The predicted octanol–water partition coefficient (Wildman–Crippen LogP) is 2.52. The van der Waals surface area contributed by atoms with Gasteiger partial charge in [-0.3, -0.25) is 9.47 Å². The van der Waals surface area contributed by atoms with Crippen molar-refractivity contribution < 1.29 is 8.42 Å². The zero-order valence-corrected chi connectivity index (χ0v) is 20.5. The van der Waals surface area contributed by atoms with Crippen LogP contribution < -0.4 is 4.90 Å². The Hall–Kier alpha value is -2.56. The molecule has 2 fully saturated rings. The normalized spacial score (nSPS) is 20.9. The molecule has 5 heterocycles. The second-order valence-electron chi connectivity index (χ2n) is 9.44. The maximum absolute atomic E-state index is 11.8. The quantitative estimate of drug-likeness (QED) is 0.542. The Labute approximate surface area is 203 Å². The third kappa shape index (κ3) is 3.97. The highest BCUT2D eigenvalue weighted by Crippen LogP contribution is 2.35. The van der Waals surface area contributed by atoms with Gasteiger partial charge in [-0.05, 0) is 49.6 Å². The van der Waals surface area contributed by atoms with E-state index < -0.39 is 9.84 Å². The fourth-order valence-corrected chi connectivity index (χ4v) is 7.00. The summed E-state index contributed by atoms with van der Waals surface area (Å²) in [5.41, 5.74) is 2.11.